The van der Waals surface area contributed by atoms with E-state index in [1.165, 1.54) is 24.3 Å². The molecule has 35 heavy (non-hydrogen) atoms. The number of carbonyl (C=O) groups excluding carboxylic acids is 1. The quantitative estimate of drug-likeness (QED) is 0.442. The van der Waals surface area contributed by atoms with Crippen LogP contribution in [0.3, 0.4) is 0 Å². The lowest BCUT2D eigenvalue weighted by atomic mass is 10.1. The number of nitrogens with one attached hydrogen (secondary N) is 1. The minimum atomic E-state index is -3.95. The van der Waals surface area contributed by atoms with E-state index in [9.17, 15) is 28.2 Å². The van der Waals surface area contributed by atoms with Crippen LogP contribution in [0.5, 0.6) is 5.75 Å². The number of benzene rings is 3. The fourth-order valence-electron chi connectivity index (χ4n) is 4.21. The van der Waals surface area contributed by atoms with E-state index in [0.29, 0.717) is 18.4 Å². The van der Waals surface area contributed by atoms with Crippen LogP contribution < -0.4 is 5.32 Å². The Kier molecular flexibility index (Phi) is 7.18. The number of rotatable bonds is 8. The number of nitrogens with zero attached hydrogens (tertiary/aromatic N) is 1. The number of carbonyl (C=O) groups is 2. The third-order valence-electron chi connectivity index (χ3n) is 6.07. The van der Waals surface area contributed by atoms with Crippen LogP contribution in [-0.2, 0) is 26.0 Å². The minimum Gasteiger partial charge on any atom is -0.508 e. The number of amides is 1. The Morgan fingerprint density at radius 1 is 0.943 bits per heavy atom. The molecule has 2 atom stereocenters. The van der Waals surface area contributed by atoms with Gasteiger partial charge in [-0.2, -0.15) is 4.31 Å². The number of carboxylic acids is 1. The Labute approximate surface area is 203 Å². The van der Waals surface area contributed by atoms with Crippen LogP contribution in [0.25, 0.3) is 11.1 Å². The molecule has 1 heterocycles. The second-order valence-electron chi connectivity index (χ2n) is 8.43. The van der Waals surface area contributed by atoms with Crippen LogP contribution in [0.4, 0.5) is 0 Å². The summed E-state index contributed by atoms with van der Waals surface area (Å²) in [7, 11) is -3.95. The largest absolute Gasteiger partial charge is 0.508 e. The molecule has 3 aromatic carbocycles. The summed E-state index contributed by atoms with van der Waals surface area (Å²) in [5.74, 6) is -1.82. The summed E-state index contributed by atoms with van der Waals surface area (Å²) in [5.41, 5.74) is 2.45. The van der Waals surface area contributed by atoms with Crippen LogP contribution >= 0.6 is 0 Å². The molecule has 0 aromatic heterocycles. The SMILES string of the molecule is O=C(O)[C@H](Cc1ccc(O)cc1)NC(=O)[C@@H]1CCCN1S(=O)(=O)c1ccc(-c2ccccc2)cc1. The van der Waals surface area contributed by atoms with Crippen molar-refractivity contribution in [3.05, 3.63) is 84.4 Å². The van der Waals surface area contributed by atoms with E-state index in [4.69, 9.17) is 0 Å². The highest BCUT2D eigenvalue weighted by Gasteiger charge is 2.40. The summed E-state index contributed by atoms with van der Waals surface area (Å²) in [6.45, 7) is 0.177. The number of phenols is 1. The number of hydrogen-bond acceptors (Lipinski definition) is 5. The van der Waals surface area contributed by atoms with E-state index in [1.54, 1.807) is 24.3 Å². The summed E-state index contributed by atoms with van der Waals surface area (Å²) < 4.78 is 27.8. The van der Waals surface area contributed by atoms with Gasteiger partial charge in [0.1, 0.15) is 17.8 Å². The zero-order valence-corrected chi connectivity index (χ0v) is 19.7. The average molecular weight is 495 g/mol. The molecular weight excluding hydrogens is 468 g/mol. The number of aromatic hydroxyl groups is 1. The maximum absolute atomic E-state index is 13.3. The first kappa shape index (κ1) is 24.4. The van der Waals surface area contributed by atoms with Gasteiger partial charge in [0.05, 0.1) is 4.90 Å². The van der Waals surface area contributed by atoms with Crippen molar-refractivity contribution in [2.45, 2.75) is 36.2 Å². The Bertz CT molecular complexity index is 1290. The van der Waals surface area contributed by atoms with Gasteiger partial charge in [0.25, 0.3) is 0 Å². The summed E-state index contributed by atoms with van der Waals surface area (Å²) in [6.07, 6.45) is 0.801. The Balaban J connectivity index is 1.49. The molecule has 182 valence electrons. The normalized spacial score (nSPS) is 17.1. The molecule has 9 heteroatoms. The number of phenolic OH excluding ortho intramolecular Hbond substituents is 1. The first-order chi connectivity index (χ1) is 16.8. The number of hydrogen-bond donors (Lipinski definition) is 3. The van der Waals surface area contributed by atoms with Gasteiger partial charge in [0.2, 0.25) is 15.9 Å². The zero-order chi connectivity index (χ0) is 25.0. The van der Waals surface area contributed by atoms with Gasteiger partial charge in [-0.3, -0.25) is 4.79 Å². The highest BCUT2D eigenvalue weighted by atomic mass is 32.2. The second kappa shape index (κ2) is 10.3. The molecule has 0 radical (unpaired) electrons. The van der Waals surface area contributed by atoms with Crippen LogP contribution in [-0.4, -0.2) is 53.4 Å². The number of sulfonamides is 1. The van der Waals surface area contributed by atoms with Crippen molar-refractivity contribution in [1.82, 2.24) is 9.62 Å². The molecule has 3 aromatic rings. The third kappa shape index (κ3) is 5.52. The average Bonchev–Trinajstić information content (AvgIpc) is 3.37. The fourth-order valence-corrected chi connectivity index (χ4v) is 5.87. The van der Waals surface area contributed by atoms with Gasteiger partial charge in [-0.25, -0.2) is 13.2 Å². The van der Waals surface area contributed by atoms with Crippen LogP contribution in [0, 0.1) is 0 Å². The molecule has 8 nitrogen and oxygen atoms in total. The smallest absolute Gasteiger partial charge is 0.326 e. The van der Waals surface area contributed by atoms with E-state index in [2.05, 4.69) is 5.32 Å². The van der Waals surface area contributed by atoms with Crippen molar-refractivity contribution in [3.8, 4) is 16.9 Å². The van der Waals surface area contributed by atoms with Gasteiger partial charge in [0, 0.05) is 13.0 Å². The third-order valence-corrected chi connectivity index (χ3v) is 7.99. The van der Waals surface area contributed by atoms with Crippen LogP contribution in [0.15, 0.2) is 83.8 Å². The minimum absolute atomic E-state index is 0.00176. The molecule has 1 aliphatic rings. The molecule has 0 aliphatic carbocycles. The van der Waals surface area contributed by atoms with E-state index in [-0.39, 0.29) is 23.6 Å². The van der Waals surface area contributed by atoms with Gasteiger partial charge in [-0.15, -0.1) is 0 Å². The summed E-state index contributed by atoms with van der Waals surface area (Å²) in [6, 6.07) is 19.9. The van der Waals surface area contributed by atoms with Gasteiger partial charge < -0.3 is 15.5 Å². The van der Waals surface area contributed by atoms with Gasteiger partial charge in [-0.1, -0.05) is 54.6 Å². The number of aliphatic carboxylic acids is 1. The summed E-state index contributed by atoms with van der Waals surface area (Å²) >= 11 is 0. The van der Waals surface area contributed by atoms with E-state index in [0.717, 1.165) is 15.4 Å². The lowest BCUT2D eigenvalue weighted by Crippen LogP contribution is -2.51. The van der Waals surface area contributed by atoms with E-state index < -0.39 is 34.0 Å². The molecule has 1 amide bonds. The molecule has 1 fully saturated rings. The van der Waals surface area contributed by atoms with Crippen molar-refractivity contribution < 1.29 is 28.2 Å². The molecular formula is C26H26N2O6S. The van der Waals surface area contributed by atoms with E-state index >= 15 is 0 Å². The monoisotopic (exact) mass is 494 g/mol. The zero-order valence-electron chi connectivity index (χ0n) is 18.9. The summed E-state index contributed by atoms with van der Waals surface area (Å²) in [4.78, 5) is 24.9. The Hall–Kier alpha value is -3.69. The highest BCUT2D eigenvalue weighted by molar-refractivity contribution is 7.89. The van der Waals surface area contributed by atoms with Gasteiger partial charge in [-0.05, 0) is 53.8 Å². The second-order valence-corrected chi connectivity index (χ2v) is 10.3. The molecule has 0 bridgehead atoms. The van der Waals surface area contributed by atoms with Crippen molar-refractivity contribution in [2.24, 2.45) is 0 Å². The van der Waals surface area contributed by atoms with Crippen molar-refractivity contribution in [2.75, 3.05) is 6.54 Å². The van der Waals surface area contributed by atoms with Crippen molar-refractivity contribution in [3.63, 3.8) is 0 Å². The predicted octanol–water partition coefficient (Wildman–Crippen LogP) is 3.02. The lowest BCUT2D eigenvalue weighted by molar-refractivity contribution is -0.142. The molecule has 4 rings (SSSR count). The Morgan fingerprint density at radius 2 is 1.57 bits per heavy atom. The predicted molar refractivity (Wildman–Crippen MR) is 130 cm³/mol. The standard InChI is InChI=1S/C26H26N2O6S/c29-21-12-8-18(9-13-21)17-23(26(31)32)27-25(30)24-7-4-16-28(24)35(33,34)22-14-10-20(11-15-22)19-5-2-1-3-6-19/h1-3,5-6,8-15,23-24,29H,4,7,16-17H2,(H,27,30)(H,31,32)/t23-,24-/m0/s1. The Morgan fingerprint density at radius 3 is 2.20 bits per heavy atom. The molecule has 1 aliphatic heterocycles. The van der Waals surface area contributed by atoms with Gasteiger partial charge >= 0.3 is 5.97 Å². The van der Waals surface area contributed by atoms with Gasteiger partial charge in [0.15, 0.2) is 0 Å². The summed E-state index contributed by atoms with van der Waals surface area (Å²) in [5, 5.41) is 21.5. The molecule has 0 unspecified atom stereocenters. The molecule has 3 N–H and O–H groups in total. The first-order valence-corrected chi connectivity index (χ1v) is 12.7. The number of carboxylic acid groups (broad SMARTS) is 1. The van der Waals surface area contributed by atoms with Crippen LogP contribution in [0.1, 0.15) is 18.4 Å². The molecule has 0 saturated carbocycles. The maximum atomic E-state index is 13.3. The topological polar surface area (TPSA) is 124 Å². The van der Waals surface area contributed by atoms with Crippen LogP contribution in [0.2, 0.25) is 0 Å². The molecule has 0 spiro atoms. The first-order valence-electron chi connectivity index (χ1n) is 11.2. The van der Waals surface area contributed by atoms with E-state index in [1.807, 2.05) is 30.3 Å². The molecule has 1 saturated heterocycles. The highest BCUT2D eigenvalue weighted by Crippen LogP contribution is 2.28. The maximum Gasteiger partial charge on any atom is 0.326 e. The van der Waals surface area contributed by atoms with Crippen molar-refractivity contribution in [1.29, 1.82) is 0 Å². The lowest BCUT2D eigenvalue weighted by Gasteiger charge is -2.25. The fraction of sp³-hybridized carbons (Fsp3) is 0.231. The van der Waals surface area contributed by atoms with Crippen molar-refractivity contribution >= 4 is 21.9 Å².